The Kier molecular flexibility index (Phi) is 18.8. The van der Waals surface area contributed by atoms with Crippen LogP contribution >= 0.6 is 11.3 Å². The molecule has 8 aliphatic rings. The molecule has 3 spiro atoms. The van der Waals surface area contributed by atoms with Gasteiger partial charge in [0.05, 0.1) is 0 Å². The highest BCUT2D eigenvalue weighted by molar-refractivity contribution is 7.18. The molecule has 592 valence electrons. The Morgan fingerprint density at radius 3 is 0.905 bits per heavy atom. The standard InChI is InChI=1S/C114H124OS/c1-16-21-75-64-108(12)66-76(22-17-2)67-109(13,65-75)113(108)97-57-72(6)25-47-91(97)94-50-44-88(61-101(94)113)89-45-51-96-95-49-43-87(60-100(95)114(102(96)62-89)110(14)68-77(23-18-3)69-111(114,15)71-78(70-110)24-19-4)84-40-36-82(37-41-84)80-32-30-79(31-33-80)81-34-38-83(39-35-81)86-42-48-92-93-52-46-90(63-99(93)112(98(92)59-86)106(8,9)55-56-107(112,10)11)105-54-53-104(116-105)85-28-26-74(27-29-85)58-103(115)73(7)20-5/h25-54,57,59-63,75-78H,7,16-24,55-56,58,64-71H2,1-6,8-15H3. The van der Waals surface area contributed by atoms with Crippen molar-refractivity contribution in [2.45, 2.75) is 242 Å². The number of ketones is 1. The predicted octanol–water partition coefficient (Wildman–Crippen LogP) is 32.3. The van der Waals surface area contributed by atoms with Crippen LogP contribution in [0.15, 0.2) is 231 Å². The largest absolute Gasteiger partial charge is 0.294 e. The Morgan fingerprint density at radius 1 is 0.319 bits per heavy atom. The second-order valence-corrected chi connectivity index (χ2v) is 42.1. The first kappa shape index (κ1) is 77.2. The minimum absolute atomic E-state index is 0.0281. The van der Waals surface area contributed by atoms with Crippen molar-refractivity contribution in [1.29, 1.82) is 0 Å². The summed E-state index contributed by atoms with van der Waals surface area (Å²) in [5, 5.41) is 0. The highest BCUT2D eigenvalue weighted by Crippen LogP contribution is 2.79. The van der Waals surface area contributed by atoms with Gasteiger partial charge in [-0.2, -0.15) is 0 Å². The van der Waals surface area contributed by atoms with E-state index in [2.05, 4.69) is 315 Å². The van der Waals surface area contributed by atoms with Gasteiger partial charge in [0.15, 0.2) is 5.78 Å². The van der Waals surface area contributed by atoms with Crippen LogP contribution in [0, 0.1) is 63.1 Å². The Hall–Kier alpha value is -8.69. The molecule has 0 aliphatic heterocycles. The number of benzene rings is 10. The summed E-state index contributed by atoms with van der Waals surface area (Å²) in [6.45, 7) is 39.4. The average Bonchev–Trinajstić information content (AvgIpc) is 1.42. The molecule has 0 N–H and O–H groups in total. The van der Waals surface area contributed by atoms with Crippen molar-refractivity contribution >= 4 is 17.1 Å². The summed E-state index contributed by atoms with van der Waals surface area (Å²) >= 11 is 1.86. The lowest BCUT2D eigenvalue weighted by Crippen LogP contribution is -2.63. The number of fused-ring (bicyclic) bond motifs is 11. The summed E-state index contributed by atoms with van der Waals surface area (Å²) in [5.41, 5.74) is 37.0. The van der Waals surface area contributed by atoms with Gasteiger partial charge in [-0.1, -0.05) is 329 Å². The van der Waals surface area contributed by atoms with E-state index in [0.717, 1.165) is 29.2 Å². The summed E-state index contributed by atoms with van der Waals surface area (Å²) in [7, 11) is 0. The SMILES string of the molecule is C=C(CC)C(=O)Cc1ccc(-c2ccc(-c3ccc4c(c3)C3(c5cc(-c6ccc(-c7ccc(-c8ccc(-c9ccc%10c(c9)C9(c%11cc(-c%12ccc%13c(c%12)C%12(c%14cc(C)ccc%14-%13)C%13(C)CC(CCC)CC%12(C)CC(CCC)C%13)ccc%11-%10)C%10(C)CC(CCC)CC9(C)CC(CCC)C%10)cc8)cc7)cc6)ccc5-4)C(C)(C)CCC3(C)C)s2)cc1. The van der Waals surface area contributed by atoms with Gasteiger partial charge in [-0.15, -0.1) is 11.3 Å². The number of aryl methyl sites for hydroxylation is 1. The summed E-state index contributed by atoms with van der Waals surface area (Å²) in [6, 6.07) is 87.4. The molecule has 8 aliphatic carbocycles. The zero-order valence-corrected chi connectivity index (χ0v) is 73.1. The first-order chi connectivity index (χ1) is 55.8. The fourth-order valence-corrected chi connectivity index (χ4v) is 30.3. The minimum atomic E-state index is -0.173. The van der Waals surface area contributed by atoms with Crippen LogP contribution < -0.4 is 0 Å². The molecule has 116 heavy (non-hydrogen) atoms. The third-order valence-corrected chi connectivity index (χ3v) is 34.1. The van der Waals surface area contributed by atoms with Gasteiger partial charge < -0.3 is 0 Å². The second kappa shape index (κ2) is 28.2. The Labute approximate surface area is 699 Å². The van der Waals surface area contributed by atoms with E-state index < -0.39 is 0 Å². The van der Waals surface area contributed by atoms with E-state index in [1.807, 2.05) is 18.3 Å². The highest BCUT2D eigenvalue weighted by Gasteiger charge is 2.72. The molecule has 0 radical (unpaired) electrons. The van der Waals surface area contributed by atoms with Crippen LogP contribution in [0.5, 0.6) is 0 Å². The summed E-state index contributed by atoms with van der Waals surface area (Å²) in [4.78, 5) is 15.2. The zero-order valence-electron chi connectivity index (χ0n) is 72.3. The maximum absolute atomic E-state index is 12.7. The lowest BCUT2D eigenvalue weighted by Gasteiger charge is -2.68. The third kappa shape index (κ3) is 11.4. The normalized spacial score (nSPS) is 26.8. The molecule has 0 unspecified atom stereocenters. The van der Waals surface area contributed by atoms with Crippen LogP contribution in [-0.2, 0) is 27.5 Å². The van der Waals surface area contributed by atoms with E-state index >= 15 is 0 Å². The fraction of sp³-hybridized carbons (Fsp3) is 0.412. The van der Waals surface area contributed by atoms with Crippen LogP contribution in [0.25, 0.3) is 110 Å². The molecule has 0 atom stereocenters. The number of hydrogen-bond donors (Lipinski definition) is 0. The Bertz CT molecular complexity index is 5600. The number of carbonyl (C=O) groups is 1. The van der Waals surface area contributed by atoms with Crippen LogP contribution in [-0.4, -0.2) is 5.78 Å². The smallest absolute Gasteiger partial charge is 0.162 e. The molecule has 1 nitrogen and oxygen atoms in total. The number of Topliss-reactive ketones (excluding diaryl/α,β-unsaturated/α-hetero) is 1. The molecule has 4 bridgehead atoms. The van der Waals surface area contributed by atoms with Crippen LogP contribution in [0.4, 0.5) is 0 Å². The van der Waals surface area contributed by atoms with Gasteiger partial charge in [-0.25, -0.2) is 0 Å². The molecule has 1 aromatic heterocycles. The first-order valence-electron chi connectivity index (χ1n) is 45.4. The van der Waals surface area contributed by atoms with Gasteiger partial charge in [0, 0.05) is 32.4 Å². The van der Waals surface area contributed by atoms with Gasteiger partial charge in [-0.3, -0.25) is 4.79 Å². The van der Waals surface area contributed by atoms with E-state index in [1.165, 1.54) is 242 Å². The molecule has 2 heteroatoms. The van der Waals surface area contributed by atoms with Gasteiger partial charge in [0.2, 0.25) is 0 Å². The molecule has 19 rings (SSSR count). The second-order valence-electron chi connectivity index (χ2n) is 41.0. The maximum Gasteiger partial charge on any atom is 0.162 e. The van der Waals surface area contributed by atoms with E-state index in [-0.39, 0.29) is 54.5 Å². The molecular weight excluding hydrogens is 1420 g/mol. The third-order valence-electron chi connectivity index (χ3n) is 32.9. The number of allylic oxidation sites excluding steroid dienone is 1. The van der Waals surface area contributed by atoms with Crippen LogP contribution in [0.3, 0.4) is 0 Å². The lowest BCUT2D eigenvalue weighted by atomic mass is 9.35. The van der Waals surface area contributed by atoms with Gasteiger partial charge in [0.25, 0.3) is 0 Å². The van der Waals surface area contributed by atoms with Crippen molar-refractivity contribution < 1.29 is 4.79 Å². The predicted molar refractivity (Wildman–Crippen MR) is 494 cm³/mol. The van der Waals surface area contributed by atoms with Crippen molar-refractivity contribution in [3.8, 4) is 110 Å². The van der Waals surface area contributed by atoms with Crippen molar-refractivity contribution in [2.24, 2.45) is 56.2 Å². The summed E-state index contributed by atoms with van der Waals surface area (Å²) in [5.74, 6) is 3.16. The zero-order chi connectivity index (χ0) is 80.4. The van der Waals surface area contributed by atoms with Crippen LogP contribution in [0.2, 0.25) is 0 Å². The number of hydrogen-bond acceptors (Lipinski definition) is 2. The molecule has 5 fully saturated rings. The van der Waals surface area contributed by atoms with E-state index in [1.54, 1.807) is 22.3 Å². The van der Waals surface area contributed by atoms with E-state index in [0.29, 0.717) is 18.4 Å². The molecule has 0 amide bonds. The molecule has 0 saturated heterocycles. The lowest BCUT2D eigenvalue weighted by molar-refractivity contribution is -0.115. The maximum atomic E-state index is 12.7. The number of thiophene rings is 1. The number of carbonyl (C=O) groups excluding carboxylic acids is 1. The average molecular weight is 1540 g/mol. The molecule has 11 aromatic rings. The highest BCUT2D eigenvalue weighted by atomic mass is 32.1. The molecule has 5 saturated carbocycles. The summed E-state index contributed by atoms with van der Waals surface area (Å²) < 4.78 is 0. The summed E-state index contributed by atoms with van der Waals surface area (Å²) in [6.07, 6.45) is 24.4. The van der Waals surface area contributed by atoms with Gasteiger partial charge >= 0.3 is 0 Å². The van der Waals surface area contributed by atoms with Crippen molar-refractivity contribution in [3.63, 3.8) is 0 Å². The first-order valence-corrected chi connectivity index (χ1v) is 46.2. The monoisotopic (exact) mass is 1540 g/mol. The van der Waals surface area contributed by atoms with Crippen molar-refractivity contribution in [3.05, 3.63) is 275 Å². The van der Waals surface area contributed by atoms with Crippen LogP contribution in [0.1, 0.15) is 257 Å². The Morgan fingerprint density at radius 2 is 0.578 bits per heavy atom. The fourth-order valence-electron chi connectivity index (χ4n) is 29.3. The van der Waals surface area contributed by atoms with Crippen molar-refractivity contribution in [2.75, 3.05) is 0 Å². The minimum Gasteiger partial charge on any atom is -0.294 e. The molecule has 10 aromatic carbocycles. The van der Waals surface area contributed by atoms with Gasteiger partial charge in [0.1, 0.15) is 0 Å². The Balaban J connectivity index is 0.614. The topological polar surface area (TPSA) is 17.1 Å². The number of rotatable bonds is 19. The van der Waals surface area contributed by atoms with E-state index in [9.17, 15) is 4.79 Å². The van der Waals surface area contributed by atoms with E-state index in [4.69, 9.17) is 0 Å². The molecular formula is C114H124OS. The van der Waals surface area contributed by atoms with Gasteiger partial charge in [-0.05, 0) is 321 Å². The quantitative estimate of drug-likeness (QED) is 0.0738. The molecule has 1 heterocycles. The van der Waals surface area contributed by atoms with Crippen molar-refractivity contribution in [1.82, 2.24) is 0 Å².